The van der Waals surface area contributed by atoms with Crippen molar-refractivity contribution in [1.29, 1.82) is 0 Å². The zero-order chi connectivity index (χ0) is 7.98. The highest BCUT2D eigenvalue weighted by molar-refractivity contribution is 5.37. The Morgan fingerprint density at radius 2 is 2.30 bits per heavy atom. The van der Waals surface area contributed by atoms with Crippen molar-refractivity contribution in [1.82, 2.24) is 4.90 Å². The van der Waals surface area contributed by atoms with Crippen molar-refractivity contribution in [2.24, 2.45) is 5.73 Å². The van der Waals surface area contributed by atoms with Crippen molar-refractivity contribution >= 4 is 6.47 Å². The molecule has 2 N–H and O–H groups in total. The van der Waals surface area contributed by atoms with Gasteiger partial charge < -0.3 is 9.64 Å². The van der Waals surface area contributed by atoms with Crippen molar-refractivity contribution < 1.29 is 9.53 Å². The third kappa shape index (κ3) is 5.53. The molecule has 0 fully saturated rings. The molecule has 0 bridgehead atoms. The lowest BCUT2D eigenvalue weighted by molar-refractivity contribution is -0.133. The van der Waals surface area contributed by atoms with Crippen LogP contribution in [0.3, 0.4) is 0 Å². The average molecular weight is 146 g/mol. The first-order valence-electron chi connectivity index (χ1n) is 3.16. The Kier molecular flexibility index (Phi) is 4.88. The van der Waals surface area contributed by atoms with Gasteiger partial charge >= 0.3 is 0 Å². The molecule has 0 aromatic rings. The fourth-order valence-corrected chi connectivity index (χ4v) is 0.525. The van der Waals surface area contributed by atoms with Crippen molar-refractivity contribution in [3.63, 3.8) is 0 Å². The second-order valence-electron chi connectivity index (χ2n) is 2.36. The first kappa shape index (κ1) is 9.39. The molecule has 0 aliphatic carbocycles. The normalized spacial score (nSPS) is 13.2. The summed E-state index contributed by atoms with van der Waals surface area (Å²) in [5, 5.41) is 0. The summed E-state index contributed by atoms with van der Waals surface area (Å²) in [5.41, 5.74) is 5.35. The summed E-state index contributed by atoms with van der Waals surface area (Å²) < 4.78 is 4.46. The summed E-state index contributed by atoms with van der Waals surface area (Å²) in [6.07, 6.45) is 0.214. The summed E-state index contributed by atoms with van der Waals surface area (Å²) in [6.45, 7) is 1.20. The van der Waals surface area contributed by atoms with Gasteiger partial charge in [0.25, 0.3) is 6.47 Å². The van der Waals surface area contributed by atoms with Crippen LogP contribution in [-0.2, 0) is 9.53 Å². The van der Waals surface area contributed by atoms with Crippen LogP contribution in [0.1, 0.15) is 6.42 Å². The van der Waals surface area contributed by atoms with Gasteiger partial charge in [-0.2, -0.15) is 0 Å². The molecule has 0 heterocycles. The van der Waals surface area contributed by atoms with Crippen LogP contribution in [0.4, 0.5) is 0 Å². The van der Waals surface area contributed by atoms with Gasteiger partial charge in [-0.15, -0.1) is 0 Å². The van der Waals surface area contributed by atoms with E-state index in [9.17, 15) is 4.79 Å². The second kappa shape index (κ2) is 5.20. The van der Waals surface area contributed by atoms with Gasteiger partial charge in [0.2, 0.25) is 0 Å². The predicted octanol–water partition coefficient (Wildman–Crippen LogP) is -0.604. The minimum Gasteiger partial charge on any atom is -0.449 e. The van der Waals surface area contributed by atoms with Gasteiger partial charge in [-0.3, -0.25) is 10.5 Å². The van der Waals surface area contributed by atoms with Gasteiger partial charge in [-0.1, -0.05) is 0 Å². The fourth-order valence-electron chi connectivity index (χ4n) is 0.525. The first-order valence-corrected chi connectivity index (χ1v) is 3.16. The molecule has 0 aromatic heterocycles. The van der Waals surface area contributed by atoms with Crippen LogP contribution in [0, 0.1) is 0 Å². The van der Waals surface area contributed by atoms with Crippen LogP contribution in [0.5, 0.6) is 0 Å². The van der Waals surface area contributed by atoms with E-state index in [0.29, 0.717) is 12.9 Å². The number of hydrogen-bond donors (Lipinski definition) is 1. The molecule has 0 spiro atoms. The van der Waals surface area contributed by atoms with Gasteiger partial charge in [0.15, 0.2) is 6.23 Å². The van der Waals surface area contributed by atoms with Crippen LogP contribution >= 0.6 is 0 Å². The molecule has 0 radical (unpaired) electrons. The Hall–Kier alpha value is -0.610. The molecule has 0 saturated heterocycles. The van der Waals surface area contributed by atoms with Gasteiger partial charge in [0.1, 0.15) is 0 Å². The molecule has 10 heavy (non-hydrogen) atoms. The van der Waals surface area contributed by atoms with E-state index in [1.165, 1.54) is 0 Å². The van der Waals surface area contributed by atoms with E-state index in [-0.39, 0.29) is 0 Å². The van der Waals surface area contributed by atoms with Crippen LogP contribution in [0.2, 0.25) is 0 Å². The molecule has 0 aliphatic rings. The molecular formula is C6H14N2O2. The molecular weight excluding hydrogens is 132 g/mol. The number of nitrogens with zero attached hydrogens (tertiary/aromatic N) is 1. The molecule has 1 atom stereocenters. The average Bonchev–Trinajstić information content (AvgIpc) is 1.85. The first-order chi connectivity index (χ1) is 4.66. The van der Waals surface area contributed by atoms with Crippen LogP contribution in [0.15, 0.2) is 0 Å². The lowest BCUT2D eigenvalue weighted by Crippen LogP contribution is -2.28. The zero-order valence-electron chi connectivity index (χ0n) is 6.41. The predicted molar refractivity (Wildman–Crippen MR) is 38.3 cm³/mol. The van der Waals surface area contributed by atoms with Crippen molar-refractivity contribution in [2.45, 2.75) is 12.6 Å². The molecule has 4 heteroatoms. The van der Waals surface area contributed by atoms with E-state index in [2.05, 4.69) is 4.74 Å². The van der Waals surface area contributed by atoms with E-state index in [0.717, 1.165) is 6.54 Å². The standard InChI is InChI=1S/C6H14N2O2/c1-8(2)4-3-6(7)10-5-9/h5-6H,3-4,7H2,1-2H3. The number of ether oxygens (including phenoxy) is 1. The molecule has 0 saturated carbocycles. The van der Waals surface area contributed by atoms with Crippen LogP contribution in [0.25, 0.3) is 0 Å². The largest absolute Gasteiger partial charge is 0.449 e. The van der Waals surface area contributed by atoms with E-state index in [4.69, 9.17) is 5.73 Å². The minimum atomic E-state index is -0.458. The molecule has 60 valence electrons. The highest BCUT2D eigenvalue weighted by atomic mass is 16.5. The molecule has 4 nitrogen and oxygen atoms in total. The Labute approximate surface area is 60.9 Å². The number of hydrogen-bond acceptors (Lipinski definition) is 4. The Morgan fingerprint density at radius 3 is 2.70 bits per heavy atom. The highest BCUT2D eigenvalue weighted by Gasteiger charge is 2.00. The van der Waals surface area contributed by atoms with Gasteiger partial charge in [0, 0.05) is 13.0 Å². The number of rotatable bonds is 5. The minimum absolute atomic E-state index is 0.375. The van der Waals surface area contributed by atoms with Crippen LogP contribution in [-0.4, -0.2) is 38.2 Å². The summed E-state index contributed by atoms with van der Waals surface area (Å²) in [7, 11) is 3.88. The van der Waals surface area contributed by atoms with Crippen molar-refractivity contribution in [2.75, 3.05) is 20.6 Å². The number of carbonyl (C=O) groups excluding carboxylic acids is 1. The van der Waals surface area contributed by atoms with E-state index >= 15 is 0 Å². The van der Waals surface area contributed by atoms with E-state index in [1.54, 1.807) is 0 Å². The molecule has 0 rings (SSSR count). The Balaban J connectivity index is 3.20. The van der Waals surface area contributed by atoms with E-state index in [1.807, 2.05) is 19.0 Å². The molecule has 0 aromatic carbocycles. The lowest BCUT2D eigenvalue weighted by Gasteiger charge is -2.12. The number of carbonyl (C=O) groups is 1. The monoisotopic (exact) mass is 146 g/mol. The quantitative estimate of drug-likeness (QED) is 0.415. The summed E-state index contributed by atoms with van der Waals surface area (Å²) in [6, 6.07) is 0. The SMILES string of the molecule is CN(C)CCC(N)OC=O. The third-order valence-corrected chi connectivity index (χ3v) is 1.09. The van der Waals surface area contributed by atoms with Gasteiger partial charge in [-0.05, 0) is 14.1 Å². The second-order valence-corrected chi connectivity index (χ2v) is 2.36. The highest BCUT2D eigenvalue weighted by Crippen LogP contribution is 1.89. The van der Waals surface area contributed by atoms with Crippen LogP contribution < -0.4 is 5.73 Å². The summed E-state index contributed by atoms with van der Waals surface area (Å²) in [5.74, 6) is 0. The van der Waals surface area contributed by atoms with E-state index < -0.39 is 6.23 Å². The zero-order valence-corrected chi connectivity index (χ0v) is 6.41. The molecule has 0 amide bonds. The Morgan fingerprint density at radius 1 is 1.70 bits per heavy atom. The maximum atomic E-state index is 9.74. The molecule has 1 unspecified atom stereocenters. The molecule has 0 aliphatic heterocycles. The summed E-state index contributed by atoms with van der Waals surface area (Å²) in [4.78, 5) is 11.7. The Bertz CT molecular complexity index is 95.7. The maximum absolute atomic E-state index is 9.74. The smallest absolute Gasteiger partial charge is 0.294 e. The third-order valence-electron chi connectivity index (χ3n) is 1.09. The van der Waals surface area contributed by atoms with Gasteiger partial charge in [-0.25, -0.2) is 0 Å². The summed E-state index contributed by atoms with van der Waals surface area (Å²) >= 11 is 0. The van der Waals surface area contributed by atoms with Crippen molar-refractivity contribution in [3.05, 3.63) is 0 Å². The van der Waals surface area contributed by atoms with Gasteiger partial charge in [0.05, 0.1) is 0 Å². The number of nitrogens with two attached hydrogens (primary N) is 1. The van der Waals surface area contributed by atoms with Crippen molar-refractivity contribution in [3.8, 4) is 0 Å². The fraction of sp³-hybridized carbons (Fsp3) is 0.833. The maximum Gasteiger partial charge on any atom is 0.294 e. The topological polar surface area (TPSA) is 55.6 Å². The lowest BCUT2D eigenvalue weighted by atomic mass is 10.4.